The molecule has 98 valence electrons. The van der Waals surface area contributed by atoms with Crippen molar-refractivity contribution in [1.29, 1.82) is 0 Å². The van der Waals surface area contributed by atoms with Gasteiger partial charge in [0.15, 0.2) is 0 Å². The summed E-state index contributed by atoms with van der Waals surface area (Å²) in [7, 11) is 1.57. The fraction of sp³-hybridized carbons (Fsp3) is 0.571. The molecule has 0 aromatic carbocycles. The smallest absolute Gasteiger partial charge is 0.228 e. The Morgan fingerprint density at radius 1 is 1.28 bits per heavy atom. The fourth-order valence-corrected chi connectivity index (χ4v) is 2.64. The lowest BCUT2D eigenvalue weighted by Gasteiger charge is -2.06. The van der Waals surface area contributed by atoms with Crippen molar-refractivity contribution in [2.45, 2.75) is 27.7 Å². The first kappa shape index (κ1) is 12.9. The number of rotatable bonds is 3. The van der Waals surface area contributed by atoms with Gasteiger partial charge in [-0.15, -0.1) is 0 Å². The summed E-state index contributed by atoms with van der Waals surface area (Å²) in [5.41, 5.74) is 0.813. The molecule has 18 heavy (non-hydrogen) atoms. The minimum absolute atomic E-state index is 0.0482. The van der Waals surface area contributed by atoms with Crippen LogP contribution >= 0.6 is 0 Å². The van der Waals surface area contributed by atoms with Gasteiger partial charge in [0.05, 0.1) is 19.0 Å². The van der Waals surface area contributed by atoms with E-state index in [0.29, 0.717) is 11.6 Å². The third kappa shape index (κ3) is 1.85. The first-order chi connectivity index (χ1) is 8.30. The van der Waals surface area contributed by atoms with E-state index >= 15 is 0 Å². The van der Waals surface area contributed by atoms with Crippen LogP contribution in [0.3, 0.4) is 0 Å². The van der Waals surface area contributed by atoms with E-state index in [9.17, 15) is 4.79 Å². The van der Waals surface area contributed by atoms with Crippen molar-refractivity contribution in [2.75, 3.05) is 12.4 Å². The maximum atomic E-state index is 12.2. The molecule has 1 fully saturated rings. The molecule has 1 aliphatic carbocycles. The number of aromatic nitrogens is 1. The van der Waals surface area contributed by atoms with Crippen LogP contribution in [0.5, 0.6) is 5.88 Å². The topological polar surface area (TPSA) is 51.2 Å². The SMILES string of the molecule is COc1ccc(NC(=O)C2C(C)(C)C2(C)C)cn1. The molecule has 1 heterocycles. The number of nitrogens with one attached hydrogen (secondary N) is 1. The van der Waals surface area contributed by atoms with E-state index in [0.717, 1.165) is 0 Å². The number of anilines is 1. The van der Waals surface area contributed by atoms with Crippen LogP contribution in [0.4, 0.5) is 5.69 Å². The molecule has 2 rings (SSSR count). The molecule has 1 aliphatic rings. The molecular formula is C14H20N2O2. The van der Waals surface area contributed by atoms with E-state index in [4.69, 9.17) is 4.74 Å². The van der Waals surface area contributed by atoms with Crippen LogP contribution in [0.1, 0.15) is 27.7 Å². The largest absolute Gasteiger partial charge is 0.481 e. The molecule has 1 aromatic heterocycles. The van der Waals surface area contributed by atoms with Gasteiger partial charge in [-0.3, -0.25) is 4.79 Å². The maximum absolute atomic E-state index is 12.2. The zero-order chi connectivity index (χ0) is 13.6. The highest BCUT2D eigenvalue weighted by Crippen LogP contribution is 2.68. The fourth-order valence-electron chi connectivity index (χ4n) is 2.64. The van der Waals surface area contributed by atoms with Gasteiger partial charge in [-0.05, 0) is 16.9 Å². The van der Waals surface area contributed by atoms with Gasteiger partial charge in [0.2, 0.25) is 11.8 Å². The van der Waals surface area contributed by atoms with Crippen LogP contribution in [0.2, 0.25) is 0 Å². The summed E-state index contributed by atoms with van der Waals surface area (Å²) in [5, 5.41) is 2.91. The highest BCUT2D eigenvalue weighted by molar-refractivity contribution is 5.95. The van der Waals surface area contributed by atoms with Gasteiger partial charge in [0.25, 0.3) is 0 Å². The second-order valence-electron chi connectivity index (χ2n) is 5.95. The van der Waals surface area contributed by atoms with E-state index in [2.05, 4.69) is 38.0 Å². The number of methoxy groups -OCH3 is 1. The van der Waals surface area contributed by atoms with Crippen molar-refractivity contribution in [3.8, 4) is 5.88 Å². The summed E-state index contributed by atoms with van der Waals surface area (Å²) in [6.07, 6.45) is 1.61. The molecule has 1 N–H and O–H groups in total. The summed E-state index contributed by atoms with van der Waals surface area (Å²) in [6.45, 7) is 8.51. The second kappa shape index (κ2) is 3.97. The van der Waals surface area contributed by atoms with Crippen molar-refractivity contribution < 1.29 is 9.53 Å². The Hall–Kier alpha value is -1.58. The number of pyridine rings is 1. The Morgan fingerprint density at radius 2 is 1.89 bits per heavy atom. The van der Waals surface area contributed by atoms with E-state index in [1.54, 1.807) is 25.4 Å². The molecule has 0 atom stereocenters. The van der Waals surface area contributed by atoms with E-state index in [1.807, 2.05) is 0 Å². The molecule has 1 aromatic rings. The molecule has 4 heteroatoms. The average molecular weight is 248 g/mol. The molecule has 0 unspecified atom stereocenters. The molecule has 0 saturated heterocycles. The Balaban J connectivity index is 2.05. The number of ether oxygens (including phenoxy) is 1. The van der Waals surface area contributed by atoms with Gasteiger partial charge >= 0.3 is 0 Å². The lowest BCUT2D eigenvalue weighted by Crippen LogP contribution is -2.17. The number of hydrogen-bond acceptors (Lipinski definition) is 3. The Morgan fingerprint density at radius 3 is 2.28 bits per heavy atom. The van der Waals surface area contributed by atoms with Crippen LogP contribution < -0.4 is 10.1 Å². The van der Waals surface area contributed by atoms with Crippen LogP contribution in [0, 0.1) is 16.7 Å². The number of carbonyl (C=O) groups is 1. The van der Waals surface area contributed by atoms with E-state index in [1.165, 1.54) is 0 Å². The third-order valence-corrected chi connectivity index (χ3v) is 4.50. The van der Waals surface area contributed by atoms with Crippen molar-refractivity contribution in [3.05, 3.63) is 18.3 Å². The van der Waals surface area contributed by atoms with Crippen molar-refractivity contribution in [1.82, 2.24) is 4.98 Å². The lowest BCUT2D eigenvalue weighted by atomic mass is 10.0. The zero-order valence-corrected chi connectivity index (χ0v) is 11.6. The summed E-state index contributed by atoms with van der Waals surface area (Å²) in [6, 6.07) is 3.53. The van der Waals surface area contributed by atoms with Crippen LogP contribution in [0.25, 0.3) is 0 Å². The van der Waals surface area contributed by atoms with Crippen LogP contribution in [-0.4, -0.2) is 18.0 Å². The summed E-state index contributed by atoms with van der Waals surface area (Å²) in [4.78, 5) is 16.3. The molecule has 4 nitrogen and oxygen atoms in total. The molecule has 1 amide bonds. The molecular weight excluding hydrogens is 228 g/mol. The summed E-state index contributed by atoms with van der Waals surface area (Å²) < 4.78 is 4.98. The molecule has 0 aliphatic heterocycles. The predicted molar refractivity (Wildman–Crippen MR) is 70.5 cm³/mol. The first-order valence-electron chi connectivity index (χ1n) is 6.11. The first-order valence-corrected chi connectivity index (χ1v) is 6.11. The number of carbonyl (C=O) groups excluding carboxylic acids is 1. The molecule has 0 radical (unpaired) electrons. The molecule has 0 bridgehead atoms. The van der Waals surface area contributed by atoms with Gasteiger partial charge in [0.1, 0.15) is 0 Å². The van der Waals surface area contributed by atoms with Crippen LogP contribution in [0.15, 0.2) is 18.3 Å². The van der Waals surface area contributed by atoms with Crippen molar-refractivity contribution >= 4 is 11.6 Å². The average Bonchev–Trinajstić information content (AvgIpc) is 2.70. The van der Waals surface area contributed by atoms with Crippen LogP contribution in [-0.2, 0) is 4.79 Å². The number of hydrogen-bond donors (Lipinski definition) is 1. The Kier molecular flexibility index (Phi) is 2.84. The zero-order valence-electron chi connectivity index (χ0n) is 11.6. The minimum Gasteiger partial charge on any atom is -0.481 e. The highest BCUT2D eigenvalue weighted by atomic mass is 16.5. The molecule has 1 saturated carbocycles. The number of nitrogens with zero attached hydrogens (tertiary/aromatic N) is 1. The van der Waals surface area contributed by atoms with Gasteiger partial charge in [-0.25, -0.2) is 4.98 Å². The lowest BCUT2D eigenvalue weighted by molar-refractivity contribution is -0.118. The second-order valence-corrected chi connectivity index (χ2v) is 5.95. The van der Waals surface area contributed by atoms with E-state index in [-0.39, 0.29) is 22.7 Å². The highest BCUT2D eigenvalue weighted by Gasteiger charge is 2.68. The maximum Gasteiger partial charge on any atom is 0.228 e. The number of amides is 1. The summed E-state index contributed by atoms with van der Waals surface area (Å²) in [5.74, 6) is 0.657. The third-order valence-electron chi connectivity index (χ3n) is 4.50. The van der Waals surface area contributed by atoms with E-state index < -0.39 is 0 Å². The summed E-state index contributed by atoms with van der Waals surface area (Å²) >= 11 is 0. The van der Waals surface area contributed by atoms with Gasteiger partial charge in [-0.2, -0.15) is 0 Å². The van der Waals surface area contributed by atoms with Gasteiger partial charge < -0.3 is 10.1 Å². The normalized spacial score (nSPS) is 20.3. The Labute approximate surface area is 108 Å². The quantitative estimate of drug-likeness (QED) is 0.894. The Bertz CT molecular complexity index is 449. The monoisotopic (exact) mass is 248 g/mol. The van der Waals surface area contributed by atoms with Gasteiger partial charge in [-0.1, -0.05) is 27.7 Å². The predicted octanol–water partition coefficient (Wildman–Crippen LogP) is 2.71. The molecule has 0 spiro atoms. The van der Waals surface area contributed by atoms with Gasteiger partial charge in [0, 0.05) is 12.0 Å². The van der Waals surface area contributed by atoms with Crippen molar-refractivity contribution in [3.63, 3.8) is 0 Å². The van der Waals surface area contributed by atoms with Crippen molar-refractivity contribution in [2.24, 2.45) is 16.7 Å². The standard InChI is InChI=1S/C14H20N2O2/c1-13(2)11(14(13,3)4)12(17)16-9-6-7-10(18-5)15-8-9/h6-8,11H,1-5H3,(H,16,17). The minimum atomic E-state index is 0.0482.